The zero-order chi connectivity index (χ0) is 9.03. The second-order valence-corrected chi connectivity index (χ2v) is 3.91. The molecule has 1 saturated carbocycles. The summed E-state index contributed by atoms with van der Waals surface area (Å²) in [6, 6.07) is 0. The van der Waals surface area contributed by atoms with Gasteiger partial charge in [0, 0.05) is 0 Å². The molecule has 1 aliphatic rings. The number of aliphatic imine (C=N–C) groups is 1. The Bertz CT molecular complexity index is 196. The first-order valence-corrected chi connectivity index (χ1v) is 4.82. The lowest BCUT2D eigenvalue weighted by Gasteiger charge is -2.36. The zero-order valence-electron chi connectivity index (χ0n) is 7.97. The predicted molar refractivity (Wildman–Crippen MR) is 48.8 cm³/mol. The second kappa shape index (κ2) is 3.86. The molecule has 12 heavy (non-hydrogen) atoms. The molecule has 1 fully saturated rings. The summed E-state index contributed by atoms with van der Waals surface area (Å²) >= 11 is 0. The molecule has 68 valence electrons. The quantitative estimate of drug-likeness (QED) is 0.459. The van der Waals surface area contributed by atoms with Crippen LogP contribution in [0, 0.1) is 5.92 Å². The minimum atomic E-state index is -0.102. The summed E-state index contributed by atoms with van der Waals surface area (Å²) in [5, 5.41) is 0. The highest BCUT2D eigenvalue weighted by molar-refractivity contribution is 5.35. The summed E-state index contributed by atoms with van der Waals surface area (Å²) in [6.07, 6.45) is 7.62. The van der Waals surface area contributed by atoms with E-state index in [1.165, 1.54) is 19.3 Å². The normalized spacial score (nSPS) is 35.7. The largest absolute Gasteiger partial charge is 0.235 e. The van der Waals surface area contributed by atoms with Gasteiger partial charge in [-0.15, -0.1) is 0 Å². The first-order chi connectivity index (χ1) is 5.73. The Morgan fingerprint density at radius 1 is 1.58 bits per heavy atom. The molecule has 2 heteroatoms. The van der Waals surface area contributed by atoms with Crippen molar-refractivity contribution >= 4 is 6.08 Å². The monoisotopic (exact) mass is 167 g/mol. The van der Waals surface area contributed by atoms with Crippen LogP contribution in [0.25, 0.3) is 0 Å². The number of nitrogens with zero attached hydrogens (tertiary/aromatic N) is 1. The van der Waals surface area contributed by atoms with Crippen molar-refractivity contribution in [2.75, 3.05) is 0 Å². The van der Waals surface area contributed by atoms with Gasteiger partial charge in [-0.05, 0) is 25.7 Å². The van der Waals surface area contributed by atoms with Crippen LogP contribution in [-0.4, -0.2) is 11.6 Å². The van der Waals surface area contributed by atoms with Gasteiger partial charge in [-0.3, -0.25) is 0 Å². The molecule has 0 heterocycles. The molecule has 0 N–H and O–H groups in total. The maximum atomic E-state index is 10.2. The molecule has 2 atom stereocenters. The molecule has 1 aliphatic carbocycles. The highest BCUT2D eigenvalue weighted by atomic mass is 16.1. The van der Waals surface area contributed by atoms with Gasteiger partial charge in [0.25, 0.3) is 0 Å². The first-order valence-electron chi connectivity index (χ1n) is 4.82. The standard InChI is InChI=1S/C10H17NO/c1-3-9-6-4-5-7-10(9,2)11-8-12/h9H,3-7H2,1-2H3. The Labute approximate surface area is 74.1 Å². The third-order valence-electron chi connectivity index (χ3n) is 3.16. The van der Waals surface area contributed by atoms with Gasteiger partial charge < -0.3 is 0 Å². The van der Waals surface area contributed by atoms with Crippen LogP contribution in [0.3, 0.4) is 0 Å². The smallest absolute Gasteiger partial charge is 0.211 e. The summed E-state index contributed by atoms with van der Waals surface area (Å²) in [6.45, 7) is 4.26. The number of hydrogen-bond donors (Lipinski definition) is 0. The summed E-state index contributed by atoms with van der Waals surface area (Å²) in [7, 11) is 0. The van der Waals surface area contributed by atoms with Crippen molar-refractivity contribution < 1.29 is 4.79 Å². The van der Waals surface area contributed by atoms with Crippen molar-refractivity contribution in [3.63, 3.8) is 0 Å². The van der Waals surface area contributed by atoms with Crippen LogP contribution >= 0.6 is 0 Å². The Hall–Kier alpha value is -0.620. The lowest BCUT2D eigenvalue weighted by molar-refractivity contribution is 0.205. The van der Waals surface area contributed by atoms with Crippen molar-refractivity contribution in [3.8, 4) is 0 Å². The van der Waals surface area contributed by atoms with Crippen molar-refractivity contribution in [3.05, 3.63) is 0 Å². The SMILES string of the molecule is CCC1CCCCC1(C)N=C=O. The van der Waals surface area contributed by atoms with Crippen LogP contribution < -0.4 is 0 Å². The van der Waals surface area contributed by atoms with E-state index in [4.69, 9.17) is 0 Å². The van der Waals surface area contributed by atoms with E-state index >= 15 is 0 Å². The van der Waals surface area contributed by atoms with E-state index in [1.807, 2.05) is 0 Å². The first kappa shape index (κ1) is 9.47. The fraction of sp³-hybridized carbons (Fsp3) is 0.900. The third-order valence-corrected chi connectivity index (χ3v) is 3.16. The van der Waals surface area contributed by atoms with Gasteiger partial charge >= 0.3 is 0 Å². The lowest BCUT2D eigenvalue weighted by atomic mass is 9.73. The molecule has 0 radical (unpaired) electrons. The van der Waals surface area contributed by atoms with Crippen molar-refractivity contribution in [1.82, 2.24) is 0 Å². The van der Waals surface area contributed by atoms with Gasteiger partial charge in [-0.25, -0.2) is 4.79 Å². The molecule has 0 aromatic carbocycles. The van der Waals surface area contributed by atoms with Crippen LogP contribution in [0.2, 0.25) is 0 Å². The highest BCUT2D eigenvalue weighted by Crippen LogP contribution is 2.38. The number of carbonyl (C=O) groups excluding carboxylic acids is 1. The molecule has 2 unspecified atom stereocenters. The highest BCUT2D eigenvalue weighted by Gasteiger charge is 2.34. The predicted octanol–water partition coefficient (Wildman–Crippen LogP) is 2.68. The van der Waals surface area contributed by atoms with Gasteiger partial charge in [0.2, 0.25) is 6.08 Å². The fourth-order valence-corrected chi connectivity index (χ4v) is 2.28. The van der Waals surface area contributed by atoms with E-state index in [0.717, 1.165) is 12.8 Å². The molecule has 0 aliphatic heterocycles. The molecule has 0 spiro atoms. The number of isocyanates is 1. The molecule has 0 amide bonds. The van der Waals surface area contributed by atoms with Crippen LogP contribution in [0.5, 0.6) is 0 Å². The maximum absolute atomic E-state index is 10.2. The molecule has 0 bridgehead atoms. The van der Waals surface area contributed by atoms with E-state index in [-0.39, 0.29) is 5.54 Å². The van der Waals surface area contributed by atoms with Gasteiger partial charge in [-0.2, -0.15) is 4.99 Å². The second-order valence-electron chi connectivity index (χ2n) is 3.91. The summed E-state index contributed by atoms with van der Waals surface area (Å²) in [5.74, 6) is 0.590. The van der Waals surface area contributed by atoms with Gasteiger partial charge in [0.05, 0.1) is 5.54 Å². The molecule has 0 saturated heterocycles. The third kappa shape index (κ3) is 1.75. The molecule has 0 aromatic heterocycles. The molecule has 2 nitrogen and oxygen atoms in total. The van der Waals surface area contributed by atoms with Gasteiger partial charge in [0.1, 0.15) is 0 Å². The van der Waals surface area contributed by atoms with Crippen molar-refractivity contribution in [1.29, 1.82) is 0 Å². The minimum absolute atomic E-state index is 0.102. The topological polar surface area (TPSA) is 29.4 Å². The number of hydrogen-bond acceptors (Lipinski definition) is 2. The summed E-state index contributed by atoms with van der Waals surface area (Å²) < 4.78 is 0. The van der Waals surface area contributed by atoms with Crippen LogP contribution in [0.1, 0.15) is 46.0 Å². The van der Waals surface area contributed by atoms with E-state index in [0.29, 0.717) is 5.92 Å². The Balaban J connectivity index is 2.74. The molecular formula is C10H17NO. The molecule has 1 rings (SSSR count). The van der Waals surface area contributed by atoms with E-state index in [1.54, 1.807) is 6.08 Å². The lowest BCUT2D eigenvalue weighted by Crippen LogP contribution is -2.35. The zero-order valence-corrected chi connectivity index (χ0v) is 7.97. The summed E-state index contributed by atoms with van der Waals surface area (Å²) in [4.78, 5) is 14.2. The Morgan fingerprint density at radius 3 is 2.92 bits per heavy atom. The van der Waals surface area contributed by atoms with Crippen LogP contribution in [0.15, 0.2) is 4.99 Å². The maximum Gasteiger partial charge on any atom is 0.235 e. The van der Waals surface area contributed by atoms with E-state index < -0.39 is 0 Å². The van der Waals surface area contributed by atoms with Gasteiger partial charge in [0.15, 0.2) is 0 Å². The van der Waals surface area contributed by atoms with E-state index in [2.05, 4.69) is 18.8 Å². The fourth-order valence-electron chi connectivity index (χ4n) is 2.28. The Morgan fingerprint density at radius 2 is 2.33 bits per heavy atom. The van der Waals surface area contributed by atoms with Gasteiger partial charge in [-0.1, -0.05) is 26.2 Å². The molecular weight excluding hydrogens is 150 g/mol. The van der Waals surface area contributed by atoms with Crippen LogP contribution in [0.4, 0.5) is 0 Å². The van der Waals surface area contributed by atoms with Crippen molar-refractivity contribution in [2.24, 2.45) is 10.9 Å². The summed E-state index contributed by atoms with van der Waals surface area (Å²) in [5.41, 5.74) is -0.102. The van der Waals surface area contributed by atoms with Crippen molar-refractivity contribution in [2.45, 2.75) is 51.5 Å². The van der Waals surface area contributed by atoms with E-state index in [9.17, 15) is 4.79 Å². The molecule has 0 aromatic rings. The number of rotatable bonds is 2. The van der Waals surface area contributed by atoms with Crippen LogP contribution in [-0.2, 0) is 4.79 Å². The Kier molecular flexibility index (Phi) is 3.05. The minimum Gasteiger partial charge on any atom is -0.211 e. The average Bonchev–Trinajstić information content (AvgIpc) is 2.05. The average molecular weight is 167 g/mol.